The average molecular weight is 290 g/mol. The molecule has 3 rings (SSSR count). The molecule has 2 nitrogen and oxygen atoms in total. The van der Waals surface area contributed by atoms with Crippen molar-refractivity contribution in [2.75, 3.05) is 6.61 Å². The van der Waals surface area contributed by atoms with Crippen molar-refractivity contribution in [2.24, 2.45) is 0 Å². The van der Waals surface area contributed by atoms with E-state index in [1.807, 2.05) is 12.1 Å². The molecule has 1 aliphatic heterocycles. The largest absolute Gasteiger partial charge is 0.493 e. The van der Waals surface area contributed by atoms with Gasteiger partial charge in [-0.3, -0.25) is 0 Å². The lowest BCUT2D eigenvalue weighted by Gasteiger charge is -2.23. The van der Waals surface area contributed by atoms with Gasteiger partial charge in [0.1, 0.15) is 17.4 Å². The third kappa shape index (κ3) is 2.76. The van der Waals surface area contributed by atoms with Gasteiger partial charge in [-0.05, 0) is 30.5 Å². The van der Waals surface area contributed by atoms with Crippen molar-refractivity contribution in [1.82, 2.24) is 0 Å². The highest BCUT2D eigenvalue weighted by Gasteiger charge is 2.21. The lowest BCUT2D eigenvalue weighted by molar-refractivity contribution is 0.167. The van der Waals surface area contributed by atoms with Gasteiger partial charge in [0.05, 0.1) is 12.7 Å². The Hall–Kier alpha value is -1.94. The van der Waals surface area contributed by atoms with Gasteiger partial charge in [0.25, 0.3) is 0 Å². The zero-order valence-electron chi connectivity index (χ0n) is 11.5. The molecular formula is C17H16F2O2. The van der Waals surface area contributed by atoms with Crippen molar-refractivity contribution in [3.05, 3.63) is 64.7 Å². The lowest BCUT2D eigenvalue weighted by atomic mass is 9.95. The summed E-state index contributed by atoms with van der Waals surface area (Å²) >= 11 is 0. The first-order valence-electron chi connectivity index (χ1n) is 7.02. The molecule has 110 valence electrons. The molecule has 2 aromatic carbocycles. The summed E-state index contributed by atoms with van der Waals surface area (Å²) in [6.45, 7) is 0.602. The van der Waals surface area contributed by atoms with E-state index < -0.39 is 17.7 Å². The Morgan fingerprint density at radius 1 is 1.10 bits per heavy atom. The summed E-state index contributed by atoms with van der Waals surface area (Å²) in [6, 6.07) is 9.24. The summed E-state index contributed by atoms with van der Waals surface area (Å²) in [5, 5.41) is 10.4. The predicted molar refractivity (Wildman–Crippen MR) is 75.3 cm³/mol. The molecule has 0 aromatic heterocycles. The minimum Gasteiger partial charge on any atom is -0.493 e. The Kier molecular flexibility index (Phi) is 3.88. The van der Waals surface area contributed by atoms with Crippen molar-refractivity contribution in [2.45, 2.75) is 25.4 Å². The van der Waals surface area contributed by atoms with Crippen molar-refractivity contribution in [3.8, 4) is 5.75 Å². The molecule has 1 heterocycles. The van der Waals surface area contributed by atoms with E-state index in [1.165, 1.54) is 18.2 Å². The van der Waals surface area contributed by atoms with Crippen LogP contribution in [0.15, 0.2) is 36.4 Å². The normalized spacial score (nSPS) is 15.2. The van der Waals surface area contributed by atoms with Crippen LogP contribution in [0.5, 0.6) is 5.75 Å². The number of aryl methyl sites for hydroxylation is 1. The second kappa shape index (κ2) is 5.82. The summed E-state index contributed by atoms with van der Waals surface area (Å²) in [7, 11) is 0. The fourth-order valence-corrected chi connectivity index (χ4v) is 2.71. The molecule has 1 unspecified atom stereocenters. The molecule has 0 saturated heterocycles. The molecule has 0 bridgehead atoms. The van der Waals surface area contributed by atoms with Crippen LogP contribution in [0.2, 0.25) is 0 Å². The Labute approximate surface area is 122 Å². The summed E-state index contributed by atoms with van der Waals surface area (Å²) in [4.78, 5) is 0. The molecule has 1 aliphatic rings. The van der Waals surface area contributed by atoms with E-state index in [1.54, 1.807) is 6.07 Å². The first-order chi connectivity index (χ1) is 10.2. The number of fused-ring (bicyclic) bond motifs is 1. The van der Waals surface area contributed by atoms with Crippen LogP contribution in [0.4, 0.5) is 8.78 Å². The number of para-hydroxylation sites is 1. The molecule has 4 heteroatoms. The molecule has 0 amide bonds. The summed E-state index contributed by atoms with van der Waals surface area (Å²) in [6.07, 6.45) is 0.723. The van der Waals surface area contributed by atoms with E-state index in [0.717, 1.165) is 18.4 Å². The molecule has 2 aromatic rings. The molecule has 1 atom stereocenters. The van der Waals surface area contributed by atoms with Crippen LogP contribution >= 0.6 is 0 Å². The van der Waals surface area contributed by atoms with Crippen molar-refractivity contribution in [1.29, 1.82) is 0 Å². The summed E-state index contributed by atoms with van der Waals surface area (Å²) in [5.74, 6) is -0.618. The molecule has 0 radical (unpaired) electrons. The fourth-order valence-electron chi connectivity index (χ4n) is 2.71. The Bertz CT molecular complexity index is 635. The van der Waals surface area contributed by atoms with E-state index >= 15 is 0 Å². The van der Waals surface area contributed by atoms with Gasteiger partial charge in [0, 0.05) is 17.5 Å². The van der Waals surface area contributed by atoms with Gasteiger partial charge in [-0.25, -0.2) is 8.78 Å². The van der Waals surface area contributed by atoms with Gasteiger partial charge >= 0.3 is 0 Å². The third-order valence-corrected chi connectivity index (χ3v) is 3.78. The molecule has 1 N–H and O–H groups in total. The molecular weight excluding hydrogens is 274 g/mol. The van der Waals surface area contributed by atoms with Crippen LogP contribution in [0, 0.1) is 11.6 Å². The zero-order valence-corrected chi connectivity index (χ0v) is 11.5. The maximum atomic E-state index is 13.7. The van der Waals surface area contributed by atoms with Gasteiger partial charge in [-0.15, -0.1) is 0 Å². The Morgan fingerprint density at radius 3 is 2.57 bits per heavy atom. The highest BCUT2D eigenvalue weighted by molar-refractivity contribution is 5.44. The monoisotopic (exact) mass is 290 g/mol. The number of ether oxygens (including phenoxy) is 1. The number of benzene rings is 2. The van der Waals surface area contributed by atoms with Crippen molar-refractivity contribution >= 4 is 0 Å². The molecule has 21 heavy (non-hydrogen) atoms. The van der Waals surface area contributed by atoms with Crippen LogP contribution in [0.3, 0.4) is 0 Å². The Balaban J connectivity index is 1.91. The standard InChI is InChI=1S/C17H16F2O2/c18-14-7-2-8-15(19)13(14)10-16(20)12-6-1-4-11-5-3-9-21-17(11)12/h1-2,4,6-8,16,20H,3,5,9-10H2. The second-order valence-corrected chi connectivity index (χ2v) is 5.21. The number of aliphatic hydroxyl groups is 1. The first kappa shape index (κ1) is 14.0. The van der Waals surface area contributed by atoms with Gasteiger partial charge in [-0.1, -0.05) is 24.3 Å². The number of hydrogen-bond donors (Lipinski definition) is 1. The van der Waals surface area contributed by atoms with Crippen LogP contribution in [0.1, 0.15) is 29.2 Å². The van der Waals surface area contributed by atoms with E-state index in [4.69, 9.17) is 4.74 Å². The lowest BCUT2D eigenvalue weighted by Crippen LogP contribution is -2.13. The Morgan fingerprint density at radius 2 is 1.81 bits per heavy atom. The van der Waals surface area contributed by atoms with Crippen LogP contribution in [-0.2, 0) is 12.8 Å². The maximum Gasteiger partial charge on any atom is 0.129 e. The highest BCUT2D eigenvalue weighted by Crippen LogP contribution is 2.34. The second-order valence-electron chi connectivity index (χ2n) is 5.21. The van der Waals surface area contributed by atoms with E-state index in [9.17, 15) is 13.9 Å². The highest BCUT2D eigenvalue weighted by atomic mass is 19.1. The van der Waals surface area contributed by atoms with Gasteiger partial charge in [0.2, 0.25) is 0 Å². The van der Waals surface area contributed by atoms with Gasteiger partial charge in [0.15, 0.2) is 0 Å². The molecule has 0 aliphatic carbocycles. The van der Waals surface area contributed by atoms with Crippen molar-refractivity contribution < 1.29 is 18.6 Å². The average Bonchev–Trinajstić information content (AvgIpc) is 2.50. The third-order valence-electron chi connectivity index (χ3n) is 3.78. The molecule has 0 fully saturated rings. The minimum absolute atomic E-state index is 0.0987. The van der Waals surface area contributed by atoms with Crippen LogP contribution < -0.4 is 4.74 Å². The first-order valence-corrected chi connectivity index (χ1v) is 7.02. The fraction of sp³-hybridized carbons (Fsp3) is 0.294. The molecule has 0 spiro atoms. The number of rotatable bonds is 3. The van der Waals surface area contributed by atoms with E-state index in [-0.39, 0.29) is 12.0 Å². The molecule has 0 saturated carbocycles. The smallest absolute Gasteiger partial charge is 0.129 e. The number of halogens is 2. The summed E-state index contributed by atoms with van der Waals surface area (Å²) in [5.41, 5.74) is 1.53. The topological polar surface area (TPSA) is 29.5 Å². The predicted octanol–water partition coefficient (Wildman–Crippen LogP) is 3.57. The summed E-state index contributed by atoms with van der Waals surface area (Å²) < 4.78 is 33.0. The minimum atomic E-state index is -0.996. The zero-order chi connectivity index (χ0) is 14.8. The van der Waals surface area contributed by atoms with E-state index in [2.05, 4.69) is 0 Å². The van der Waals surface area contributed by atoms with Crippen molar-refractivity contribution in [3.63, 3.8) is 0 Å². The van der Waals surface area contributed by atoms with Gasteiger partial charge in [-0.2, -0.15) is 0 Å². The SMILES string of the molecule is OC(Cc1c(F)cccc1F)c1cccc2c1OCCC2. The number of hydrogen-bond acceptors (Lipinski definition) is 2. The van der Waals surface area contributed by atoms with Crippen LogP contribution in [-0.4, -0.2) is 11.7 Å². The van der Waals surface area contributed by atoms with Gasteiger partial charge < -0.3 is 9.84 Å². The quantitative estimate of drug-likeness (QED) is 0.936. The van der Waals surface area contributed by atoms with Crippen LogP contribution in [0.25, 0.3) is 0 Å². The number of aliphatic hydroxyl groups excluding tert-OH is 1. The maximum absolute atomic E-state index is 13.7. The van der Waals surface area contributed by atoms with E-state index in [0.29, 0.717) is 17.9 Å².